The normalized spacial score (nSPS) is 21.6. The Morgan fingerprint density at radius 3 is 2.47 bits per heavy atom. The molecule has 4 heterocycles. The molecular weight excluding hydrogens is 444 g/mol. The van der Waals surface area contributed by atoms with Crippen molar-refractivity contribution in [3.63, 3.8) is 0 Å². The van der Waals surface area contributed by atoms with E-state index in [0.29, 0.717) is 41.0 Å². The van der Waals surface area contributed by atoms with Gasteiger partial charge in [0.2, 0.25) is 0 Å². The fourth-order valence-corrected chi connectivity index (χ4v) is 5.07. The Kier molecular flexibility index (Phi) is 4.96. The number of aromatic amines is 1. The number of ether oxygens (including phenoxy) is 1. The van der Waals surface area contributed by atoms with Crippen LogP contribution in [0.2, 0.25) is 0 Å². The number of benzene rings is 1. The van der Waals surface area contributed by atoms with Crippen molar-refractivity contribution in [1.82, 2.24) is 24.2 Å². The Bertz CT molecular complexity index is 1330. The summed E-state index contributed by atoms with van der Waals surface area (Å²) in [6.45, 7) is 8.56. The van der Waals surface area contributed by atoms with E-state index < -0.39 is 35.6 Å². The van der Waals surface area contributed by atoms with Crippen molar-refractivity contribution in [2.24, 2.45) is 0 Å². The second-order valence-electron chi connectivity index (χ2n) is 10.0. The van der Waals surface area contributed by atoms with E-state index in [1.807, 2.05) is 0 Å². The minimum atomic E-state index is -1.56. The van der Waals surface area contributed by atoms with Gasteiger partial charge >= 0.3 is 11.8 Å². The van der Waals surface area contributed by atoms with Gasteiger partial charge < -0.3 is 9.72 Å². The molecule has 1 saturated heterocycles. The number of hydrogen-bond donors (Lipinski definition) is 1. The Hall–Kier alpha value is -3.43. The van der Waals surface area contributed by atoms with Gasteiger partial charge in [0.1, 0.15) is 22.9 Å². The molecular formula is C24H27F2N5O3. The lowest BCUT2D eigenvalue weighted by Gasteiger charge is -2.37. The molecule has 5 rings (SSSR count). The third kappa shape index (κ3) is 3.35. The average Bonchev–Trinajstić information content (AvgIpc) is 3.43. The number of nitrogens with zero attached hydrogens (tertiary/aromatic N) is 4. The predicted octanol–water partition coefficient (Wildman–Crippen LogP) is 4.57. The van der Waals surface area contributed by atoms with Crippen molar-refractivity contribution >= 4 is 6.09 Å². The molecule has 1 fully saturated rings. The van der Waals surface area contributed by atoms with E-state index in [1.165, 1.54) is 26.5 Å². The Morgan fingerprint density at radius 1 is 1.21 bits per heavy atom. The maximum absolute atomic E-state index is 15.9. The van der Waals surface area contributed by atoms with Crippen LogP contribution in [-0.4, -0.2) is 42.0 Å². The quantitative estimate of drug-likeness (QED) is 0.593. The van der Waals surface area contributed by atoms with Crippen LogP contribution in [0.25, 0.3) is 11.5 Å². The standard InChI is InChI=1S/C24H27F2N5O3/c1-12-10-14(11-13(2)18(12)25)31-21(29-9-8-27-22(29)32)17-15-6-7-16(19(26)20(17)28-31)30(15)23(33)34-24(3,4)5/h8-11,15-16,19H,6-7H2,1-5H3,(H,27,32). The molecule has 1 amide bonds. The highest BCUT2D eigenvalue weighted by atomic mass is 19.1. The molecule has 0 aliphatic carbocycles. The second-order valence-corrected chi connectivity index (χ2v) is 10.0. The number of hydrogen-bond acceptors (Lipinski definition) is 4. The molecule has 2 aliphatic rings. The van der Waals surface area contributed by atoms with Gasteiger partial charge in [0.25, 0.3) is 0 Å². The van der Waals surface area contributed by atoms with Crippen LogP contribution in [0.1, 0.15) is 68.2 Å². The summed E-state index contributed by atoms with van der Waals surface area (Å²) in [6.07, 6.45) is 1.83. The Labute approximate surface area is 195 Å². The van der Waals surface area contributed by atoms with Gasteiger partial charge in [-0.3, -0.25) is 9.47 Å². The van der Waals surface area contributed by atoms with Crippen molar-refractivity contribution in [3.05, 3.63) is 63.2 Å². The number of alkyl halides is 1. The number of carbonyl (C=O) groups is 1. The molecule has 2 aromatic heterocycles. The smallest absolute Gasteiger partial charge is 0.411 e. The molecule has 10 heteroatoms. The first kappa shape index (κ1) is 22.4. The van der Waals surface area contributed by atoms with Gasteiger partial charge in [-0.2, -0.15) is 5.10 Å². The van der Waals surface area contributed by atoms with Crippen LogP contribution in [0.5, 0.6) is 0 Å². The minimum Gasteiger partial charge on any atom is -0.444 e. The molecule has 34 heavy (non-hydrogen) atoms. The number of imidazole rings is 1. The number of aryl methyl sites for hydroxylation is 2. The molecule has 1 N–H and O–H groups in total. The average molecular weight is 472 g/mol. The molecule has 3 atom stereocenters. The lowest BCUT2D eigenvalue weighted by atomic mass is 9.98. The molecule has 0 radical (unpaired) electrons. The summed E-state index contributed by atoms with van der Waals surface area (Å²) in [5.74, 6) is -0.00669. The van der Waals surface area contributed by atoms with Gasteiger partial charge in [-0.25, -0.2) is 23.1 Å². The SMILES string of the molecule is Cc1cc(-n2nc3c(c2-n2cc[nH]c2=O)C2CCC(C3F)N2C(=O)OC(C)(C)C)cc(C)c1F. The van der Waals surface area contributed by atoms with Crippen LogP contribution in [0.4, 0.5) is 13.6 Å². The van der Waals surface area contributed by atoms with E-state index in [2.05, 4.69) is 10.1 Å². The highest BCUT2D eigenvalue weighted by molar-refractivity contribution is 5.71. The topological polar surface area (TPSA) is 85.2 Å². The van der Waals surface area contributed by atoms with Gasteiger partial charge in [-0.05, 0) is 70.7 Å². The Balaban J connectivity index is 1.74. The third-order valence-corrected chi connectivity index (χ3v) is 6.43. The number of fused-ring (bicyclic) bond motifs is 4. The molecule has 1 aromatic carbocycles. The van der Waals surface area contributed by atoms with Gasteiger partial charge in [0.15, 0.2) is 6.17 Å². The molecule has 3 aromatic rings. The first-order valence-electron chi connectivity index (χ1n) is 11.3. The monoisotopic (exact) mass is 471 g/mol. The highest BCUT2D eigenvalue weighted by Gasteiger charge is 2.53. The molecule has 3 unspecified atom stereocenters. The van der Waals surface area contributed by atoms with Crippen LogP contribution in [0.3, 0.4) is 0 Å². The molecule has 0 saturated carbocycles. The number of carbonyl (C=O) groups excluding carboxylic acids is 1. The summed E-state index contributed by atoms with van der Waals surface area (Å²) in [5, 5.41) is 4.59. The first-order valence-corrected chi connectivity index (χ1v) is 11.3. The molecule has 2 aliphatic heterocycles. The zero-order valence-corrected chi connectivity index (χ0v) is 19.7. The molecule has 0 spiro atoms. The summed E-state index contributed by atoms with van der Waals surface area (Å²) in [7, 11) is 0. The zero-order valence-electron chi connectivity index (χ0n) is 19.7. The van der Waals surface area contributed by atoms with Gasteiger partial charge in [0, 0.05) is 18.0 Å². The molecule has 8 nitrogen and oxygen atoms in total. The number of rotatable bonds is 2. The largest absolute Gasteiger partial charge is 0.444 e. The number of aromatic nitrogens is 4. The van der Waals surface area contributed by atoms with E-state index in [9.17, 15) is 14.0 Å². The van der Waals surface area contributed by atoms with Gasteiger partial charge in [0.05, 0.1) is 17.8 Å². The van der Waals surface area contributed by atoms with Crippen molar-refractivity contribution < 1.29 is 18.3 Å². The molecule has 180 valence electrons. The van der Waals surface area contributed by atoms with Crippen LogP contribution < -0.4 is 5.69 Å². The maximum atomic E-state index is 15.9. The van der Waals surface area contributed by atoms with Crippen molar-refractivity contribution in [2.75, 3.05) is 0 Å². The molecule has 2 bridgehead atoms. The van der Waals surface area contributed by atoms with Gasteiger partial charge in [-0.15, -0.1) is 0 Å². The van der Waals surface area contributed by atoms with E-state index in [-0.39, 0.29) is 11.5 Å². The summed E-state index contributed by atoms with van der Waals surface area (Å²) >= 11 is 0. The highest BCUT2D eigenvalue weighted by Crippen LogP contribution is 2.52. The van der Waals surface area contributed by atoms with Crippen molar-refractivity contribution in [1.29, 1.82) is 0 Å². The lowest BCUT2D eigenvalue weighted by molar-refractivity contribution is 0.00107. The fraction of sp³-hybridized carbons (Fsp3) is 0.458. The van der Waals surface area contributed by atoms with Crippen molar-refractivity contribution in [3.8, 4) is 11.5 Å². The van der Waals surface area contributed by atoms with Crippen molar-refractivity contribution in [2.45, 2.75) is 71.3 Å². The van der Waals surface area contributed by atoms with Crippen LogP contribution in [-0.2, 0) is 4.74 Å². The summed E-state index contributed by atoms with van der Waals surface area (Å²) < 4.78 is 38.7. The van der Waals surface area contributed by atoms with E-state index in [0.717, 1.165) is 0 Å². The Morgan fingerprint density at radius 2 is 1.88 bits per heavy atom. The van der Waals surface area contributed by atoms with E-state index in [1.54, 1.807) is 46.8 Å². The fourth-order valence-electron chi connectivity index (χ4n) is 5.07. The number of amides is 1. The number of H-pyrrole nitrogens is 1. The van der Waals surface area contributed by atoms with Crippen LogP contribution in [0, 0.1) is 19.7 Å². The van der Waals surface area contributed by atoms with E-state index in [4.69, 9.17) is 4.74 Å². The predicted molar refractivity (Wildman–Crippen MR) is 121 cm³/mol. The summed E-state index contributed by atoms with van der Waals surface area (Å²) in [6, 6.07) is 2.01. The summed E-state index contributed by atoms with van der Waals surface area (Å²) in [4.78, 5) is 29.8. The first-order chi connectivity index (χ1) is 16.0. The second kappa shape index (κ2) is 7.54. The minimum absolute atomic E-state index is 0.190. The lowest BCUT2D eigenvalue weighted by Crippen LogP contribution is -2.45. The van der Waals surface area contributed by atoms with Gasteiger partial charge in [-0.1, -0.05) is 0 Å². The number of halogens is 2. The number of nitrogens with one attached hydrogen (secondary N) is 1. The van der Waals surface area contributed by atoms with E-state index >= 15 is 4.39 Å². The van der Waals surface area contributed by atoms with Crippen LogP contribution >= 0.6 is 0 Å². The third-order valence-electron chi connectivity index (χ3n) is 6.43. The summed E-state index contributed by atoms with van der Waals surface area (Å²) in [5.41, 5.74) is 0.799. The maximum Gasteiger partial charge on any atom is 0.411 e. The van der Waals surface area contributed by atoms with Crippen LogP contribution in [0.15, 0.2) is 29.3 Å². The zero-order chi connectivity index (χ0) is 24.5.